The van der Waals surface area contributed by atoms with Crippen molar-refractivity contribution in [2.75, 3.05) is 11.1 Å². The SMILES string of the molecule is Nc1nc(NC2CCCCC2)n2c(n1)nc1cc(Cl)c(Cl)cc12. The summed E-state index contributed by atoms with van der Waals surface area (Å²) in [5.41, 5.74) is 7.37. The maximum Gasteiger partial charge on any atom is 0.241 e. The van der Waals surface area contributed by atoms with E-state index in [1.54, 1.807) is 12.1 Å². The summed E-state index contributed by atoms with van der Waals surface area (Å²) in [6.07, 6.45) is 6.01. The third-order valence-corrected chi connectivity index (χ3v) is 4.99. The molecule has 0 saturated heterocycles. The molecule has 3 aromatic rings. The van der Waals surface area contributed by atoms with E-state index in [4.69, 9.17) is 28.9 Å². The summed E-state index contributed by atoms with van der Waals surface area (Å²) in [4.78, 5) is 13.1. The summed E-state index contributed by atoms with van der Waals surface area (Å²) >= 11 is 12.2. The predicted octanol–water partition coefficient (Wildman–Crippen LogP) is 3.91. The first-order valence-electron chi connectivity index (χ1n) is 7.69. The molecular weight excluding hydrogens is 335 g/mol. The monoisotopic (exact) mass is 350 g/mol. The number of anilines is 2. The average Bonchev–Trinajstić information content (AvgIpc) is 2.86. The van der Waals surface area contributed by atoms with Gasteiger partial charge in [0.15, 0.2) is 0 Å². The molecule has 0 bridgehead atoms. The van der Waals surface area contributed by atoms with Crippen LogP contribution in [0.5, 0.6) is 0 Å². The van der Waals surface area contributed by atoms with E-state index in [2.05, 4.69) is 20.3 Å². The van der Waals surface area contributed by atoms with Crippen molar-refractivity contribution in [3.05, 3.63) is 22.2 Å². The molecule has 0 radical (unpaired) electrons. The summed E-state index contributed by atoms with van der Waals surface area (Å²) in [5.74, 6) is 1.34. The molecule has 8 heteroatoms. The molecule has 0 amide bonds. The number of rotatable bonds is 2. The lowest BCUT2D eigenvalue weighted by atomic mass is 9.96. The fourth-order valence-corrected chi connectivity index (χ4v) is 3.47. The number of hydrogen-bond acceptors (Lipinski definition) is 5. The van der Waals surface area contributed by atoms with E-state index in [0.29, 0.717) is 33.3 Å². The molecule has 3 N–H and O–H groups in total. The number of nitrogen functional groups attached to an aromatic ring is 1. The minimum absolute atomic E-state index is 0.198. The van der Waals surface area contributed by atoms with Crippen molar-refractivity contribution in [2.24, 2.45) is 0 Å². The molecule has 1 aliphatic carbocycles. The van der Waals surface area contributed by atoms with Crippen LogP contribution in [-0.4, -0.2) is 25.4 Å². The second-order valence-corrected chi connectivity index (χ2v) is 6.70. The van der Waals surface area contributed by atoms with Gasteiger partial charge >= 0.3 is 0 Å². The zero-order valence-corrected chi connectivity index (χ0v) is 13.9. The van der Waals surface area contributed by atoms with E-state index in [-0.39, 0.29) is 5.95 Å². The number of nitrogens with zero attached hydrogens (tertiary/aromatic N) is 4. The quantitative estimate of drug-likeness (QED) is 0.732. The lowest BCUT2D eigenvalue weighted by Gasteiger charge is -2.23. The van der Waals surface area contributed by atoms with Crippen molar-refractivity contribution >= 4 is 51.9 Å². The van der Waals surface area contributed by atoms with Crippen molar-refractivity contribution in [1.29, 1.82) is 0 Å². The highest BCUT2D eigenvalue weighted by molar-refractivity contribution is 6.42. The molecule has 1 saturated carbocycles. The number of nitrogens with two attached hydrogens (primary N) is 1. The second-order valence-electron chi connectivity index (χ2n) is 5.89. The Morgan fingerprint density at radius 1 is 1.04 bits per heavy atom. The van der Waals surface area contributed by atoms with Gasteiger partial charge in [0.05, 0.1) is 21.1 Å². The molecule has 23 heavy (non-hydrogen) atoms. The Bertz CT molecular complexity index is 885. The largest absolute Gasteiger partial charge is 0.368 e. The van der Waals surface area contributed by atoms with Crippen molar-refractivity contribution in [2.45, 2.75) is 38.1 Å². The van der Waals surface area contributed by atoms with Crippen LogP contribution in [0.25, 0.3) is 16.8 Å². The smallest absolute Gasteiger partial charge is 0.241 e. The lowest BCUT2D eigenvalue weighted by Crippen LogP contribution is -2.24. The van der Waals surface area contributed by atoms with Gasteiger partial charge in [0, 0.05) is 6.04 Å². The topological polar surface area (TPSA) is 81.1 Å². The standard InChI is InChI=1S/C15H16Cl2N6/c16-9-6-11-12(7-10(9)17)23-14(19-8-4-2-1-3-5-8)21-13(18)22-15(23)20-11/h6-8H,1-5H2,(H3,18,19,20,21,22). The normalized spacial score (nSPS) is 16.3. The first-order valence-corrected chi connectivity index (χ1v) is 8.44. The van der Waals surface area contributed by atoms with E-state index in [0.717, 1.165) is 18.4 Å². The number of nitrogens with one attached hydrogen (secondary N) is 1. The van der Waals surface area contributed by atoms with E-state index in [1.807, 2.05) is 4.40 Å². The van der Waals surface area contributed by atoms with Crippen LogP contribution in [0, 0.1) is 0 Å². The van der Waals surface area contributed by atoms with Crippen LogP contribution < -0.4 is 11.1 Å². The maximum atomic E-state index is 6.16. The highest BCUT2D eigenvalue weighted by Gasteiger charge is 2.18. The zero-order valence-electron chi connectivity index (χ0n) is 12.4. The maximum absolute atomic E-state index is 6.16. The molecule has 6 nitrogen and oxygen atoms in total. The number of imidazole rings is 1. The summed E-state index contributed by atoms with van der Waals surface area (Å²) in [6.45, 7) is 0. The number of benzene rings is 1. The molecule has 0 aliphatic heterocycles. The zero-order chi connectivity index (χ0) is 16.0. The van der Waals surface area contributed by atoms with E-state index in [9.17, 15) is 0 Å². The predicted molar refractivity (Wildman–Crippen MR) is 93.2 cm³/mol. The van der Waals surface area contributed by atoms with Crippen molar-refractivity contribution < 1.29 is 0 Å². The van der Waals surface area contributed by atoms with Gasteiger partial charge in [-0.3, -0.25) is 0 Å². The molecular formula is C15H16Cl2N6. The van der Waals surface area contributed by atoms with Gasteiger partial charge in [-0.2, -0.15) is 9.97 Å². The van der Waals surface area contributed by atoms with Gasteiger partial charge in [0.2, 0.25) is 17.7 Å². The lowest BCUT2D eigenvalue weighted by molar-refractivity contribution is 0.460. The highest BCUT2D eigenvalue weighted by atomic mass is 35.5. The average molecular weight is 351 g/mol. The van der Waals surface area contributed by atoms with Crippen LogP contribution in [0.4, 0.5) is 11.9 Å². The molecule has 1 aliphatic rings. The van der Waals surface area contributed by atoms with Gasteiger partial charge in [0.1, 0.15) is 0 Å². The van der Waals surface area contributed by atoms with Crippen molar-refractivity contribution in [3.63, 3.8) is 0 Å². The second kappa shape index (κ2) is 5.69. The fourth-order valence-electron chi connectivity index (χ4n) is 3.16. The van der Waals surface area contributed by atoms with Gasteiger partial charge in [-0.25, -0.2) is 9.38 Å². The van der Waals surface area contributed by atoms with Crippen LogP contribution >= 0.6 is 23.2 Å². The Balaban J connectivity index is 1.89. The third-order valence-electron chi connectivity index (χ3n) is 4.26. The van der Waals surface area contributed by atoms with E-state index in [1.165, 1.54) is 19.3 Å². The first-order chi connectivity index (χ1) is 11.1. The Hall–Kier alpha value is -1.79. The summed E-state index contributed by atoms with van der Waals surface area (Å²) in [6, 6.07) is 3.90. The van der Waals surface area contributed by atoms with Gasteiger partial charge < -0.3 is 11.1 Å². The number of aromatic nitrogens is 4. The Labute approximate surface area is 143 Å². The Kier molecular flexibility index (Phi) is 3.66. The number of fused-ring (bicyclic) bond motifs is 3. The molecule has 0 atom stereocenters. The van der Waals surface area contributed by atoms with Crippen LogP contribution in [-0.2, 0) is 0 Å². The molecule has 120 valence electrons. The van der Waals surface area contributed by atoms with Crippen LogP contribution in [0.3, 0.4) is 0 Å². The van der Waals surface area contributed by atoms with E-state index >= 15 is 0 Å². The number of halogens is 2. The fraction of sp³-hybridized carbons (Fsp3) is 0.400. The van der Waals surface area contributed by atoms with Crippen molar-refractivity contribution in [3.8, 4) is 0 Å². The first kappa shape index (κ1) is 14.8. The molecule has 0 unspecified atom stereocenters. The van der Waals surface area contributed by atoms with Gasteiger partial charge in [0.25, 0.3) is 0 Å². The minimum atomic E-state index is 0.198. The summed E-state index contributed by atoms with van der Waals surface area (Å²) in [5, 5.41) is 4.43. The molecule has 4 rings (SSSR count). The molecule has 1 aromatic carbocycles. The van der Waals surface area contributed by atoms with Gasteiger partial charge in [-0.1, -0.05) is 42.5 Å². The van der Waals surface area contributed by atoms with Crippen LogP contribution in [0.15, 0.2) is 12.1 Å². The van der Waals surface area contributed by atoms with Gasteiger partial charge in [-0.15, -0.1) is 0 Å². The molecule has 1 fully saturated rings. The third kappa shape index (κ3) is 2.66. The van der Waals surface area contributed by atoms with E-state index < -0.39 is 0 Å². The minimum Gasteiger partial charge on any atom is -0.368 e. The summed E-state index contributed by atoms with van der Waals surface area (Å²) < 4.78 is 1.85. The number of hydrogen-bond donors (Lipinski definition) is 2. The van der Waals surface area contributed by atoms with Crippen LogP contribution in [0.2, 0.25) is 10.0 Å². The molecule has 2 heterocycles. The highest BCUT2D eigenvalue weighted by Crippen LogP contribution is 2.30. The molecule has 2 aromatic heterocycles. The molecule has 0 spiro atoms. The van der Waals surface area contributed by atoms with Gasteiger partial charge in [-0.05, 0) is 25.0 Å². The Morgan fingerprint density at radius 3 is 2.57 bits per heavy atom. The summed E-state index contributed by atoms with van der Waals surface area (Å²) in [7, 11) is 0. The van der Waals surface area contributed by atoms with Crippen molar-refractivity contribution in [1.82, 2.24) is 19.4 Å². The van der Waals surface area contributed by atoms with Crippen LogP contribution in [0.1, 0.15) is 32.1 Å². The Morgan fingerprint density at radius 2 is 1.78 bits per heavy atom.